The molecule has 0 radical (unpaired) electrons. The Balaban J connectivity index is 2.14. The Hall–Kier alpha value is -1.91. The van der Waals surface area contributed by atoms with E-state index in [1.165, 1.54) is 6.07 Å². The number of hydrogen-bond donors (Lipinski definition) is 1. The van der Waals surface area contributed by atoms with E-state index in [-0.39, 0.29) is 24.6 Å². The average Bonchev–Trinajstić information content (AvgIpc) is 2.49. The number of nitrogens with two attached hydrogens (primary N) is 1. The summed E-state index contributed by atoms with van der Waals surface area (Å²) in [6, 6.07) is 13.9. The van der Waals surface area contributed by atoms with Crippen molar-refractivity contribution in [2.45, 2.75) is 25.7 Å². The van der Waals surface area contributed by atoms with Crippen LogP contribution in [0.3, 0.4) is 0 Å². The highest BCUT2D eigenvalue weighted by Crippen LogP contribution is 2.25. The van der Waals surface area contributed by atoms with E-state index >= 15 is 0 Å². The molecule has 0 amide bonds. The Labute approximate surface area is 124 Å². The van der Waals surface area contributed by atoms with Crippen molar-refractivity contribution in [1.29, 1.82) is 0 Å². The first-order valence-electron chi connectivity index (χ1n) is 6.86. The van der Waals surface area contributed by atoms with Crippen molar-refractivity contribution in [3.8, 4) is 5.75 Å². The second-order valence-electron chi connectivity index (χ2n) is 4.96. The summed E-state index contributed by atoms with van der Waals surface area (Å²) in [7, 11) is 1.61. The Morgan fingerprint density at radius 2 is 1.90 bits per heavy atom. The van der Waals surface area contributed by atoms with Gasteiger partial charge < -0.3 is 15.2 Å². The maximum atomic E-state index is 13.6. The van der Waals surface area contributed by atoms with Crippen LogP contribution in [-0.4, -0.2) is 13.2 Å². The Kier molecular flexibility index (Phi) is 5.31. The molecule has 0 saturated heterocycles. The lowest BCUT2D eigenvalue weighted by Crippen LogP contribution is -2.27. The van der Waals surface area contributed by atoms with Gasteiger partial charge in [-0.15, -0.1) is 0 Å². The molecule has 2 aromatic rings. The minimum absolute atomic E-state index is 0.177. The summed E-state index contributed by atoms with van der Waals surface area (Å²) >= 11 is 0. The predicted octanol–water partition coefficient (Wildman–Crippen LogP) is 3.44. The zero-order valence-corrected chi connectivity index (χ0v) is 12.3. The first-order valence-corrected chi connectivity index (χ1v) is 6.86. The van der Waals surface area contributed by atoms with Crippen molar-refractivity contribution < 1.29 is 13.9 Å². The van der Waals surface area contributed by atoms with Gasteiger partial charge in [0, 0.05) is 11.6 Å². The summed E-state index contributed by atoms with van der Waals surface area (Å²) in [4.78, 5) is 0. The third-order valence-electron chi connectivity index (χ3n) is 3.28. The summed E-state index contributed by atoms with van der Waals surface area (Å²) in [6.45, 7) is 2.04. The predicted molar refractivity (Wildman–Crippen MR) is 80.6 cm³/mol. The molecule has 0 saturated carbocycles. The van der Waals surface area contributed by atoms with Crippen LogP contribution in [0.1, 0.15) is 24.2 Å². The van der Waals surface area contributed by atoms with Crippen LogP contribution in [0.15, 0.2) is 48.5 Å². The molecule has 3 nitrogen and oxygen atoms in total. The molecule has 21 heavy (non-hydrogen) atoms. The Morgan fingerprint density at radius 1 is 1.14 bits per heavy atom. The lowest BCUT2D eigenvalue weighted by Gasteiger charge is -2.22. The van der Waals surface area contributed by atoms with Gasteiger partial charge in [-0.2, -0.15) is 0 Å². The van der Waals surface area contributed by atoms with Gasteiger partial charge in [0.05, 0.1) is 19.8 Å². The zero-order chi connectivity index (χ0) is 15.2. The molecule has 0 spiro atoms. The van der Waals surface area contributed by atoms with Crippen LogP contribution in [0.4, 0.5) is 4.39 Å². The van der Waals surface area contributed by atoms with Crippen LogP contribution in [-0.2, 0) is 11.3 Å². The third-order valence-corrected chi connectivity index (χ3v) is 3.28. The largest absolute Gasteiger partial charge is 0.497 e. The van der Waals surface area contributed by atoms with E-state index in [0.717, 1.165) is 11.3 Å². The number of halogens is 1. The molecule has 0 aliphatic carbocycles. The molecule has 0 fully saturated rings. The first-order chi connectivity index (χ1) is 10.1. The van der Waals surface area contributed by atoms with E-state index in [0.29, 0.717) is 5.56 Å². The van der Waals surface area contributed by atoms with E-state index in [1.54, 1.807) is 25.3 Å². The van der Waals surface area contributed by atoms with Crippen molar-refractivity contribution in [2.75, 3.05) is 7.11 Å². The van der Waals surface area contributed by atoms with Gasteiger partial charge in [0.2, 0.25) is 0 Å². The maximum Gasteiger partial charge on any atom is 0.128 e. The van der Waals surface area contributed by atoms with E-state index in [1.807, 2.05) is 31.2 Å². The van der Waals surface area contributed by atoms with E-state index in [4.69, 9.17) is 15.2 Å². The lowest BCUT2D eigenvalue weighted by molar-refractivity contribution is 0.0243. The van der Waals surface area contributed by atoms with Gasteiger partial charge in [0.15, 0.2) is 0 Å². The van der Waals surface area contributed by atoms with Crippen molar-refractivity contribution in [3.63, 3.8) is 0 Å². The number of hydrogen-bond acceptors (Lipinski definition) is 3. The fourth-order valence-corrected chi connectivity index (χ4v) is 2.17. The van der Waals surface area contributed by atoms with E-state index < -0.39 is 0 Å². The molecule has 2 rings (SSSR count). The Bertz CT molecular complexity index is 587. The standard InChI is InChI=1S/C17H20FNO2/c1-12(19)17(13-7-5-8-15(10-13)20-2)21-11-14-6-3-4-9-16(14)18/h3-10,12,17H,11,19H2,1-2H3. The number of benzene rings is 2. The molecule has 0 aromatic heterocycles. The molecule has 0 aliphatic heterocycles. The molecule has 0 bridgehead atoms. The Morgan fingerprint density at radius 3 is 2.57 bits per heavy atom. The van der Waals surface area contributed by atoms with Gasteiger partial charge in [-0.05, 0) is 30.7 Å². The fourth-order valence-electron chi connectivity index (χ4n) is 2.17. The molecule has 112 valence electrons. The summed E-state index contributed by atoms with van der Waals surface area (Å²) in [5.41, 5.74) is 7.44. The minimum atomic E-state index is -0.320. The van der Waals surface area contributed by atoms with Crippen molar-refractivity contribution in [3.05, 3.63) is 65.5 Å². The smallest absolute Gasteiger partial charge is 0.128 e. The molecule has 4 heteroatoms. The molecule has 0 aliphatic rings. The van der Waals surface area contributed by atoms with Crippen LogP contribution in [0.25, 0.3) is 0 Å². The highest BCUT2D eigenvalue weighted by Gasteiger charge is 2.18. The molecule has 2 unspecified atom stereocenters. The van der Waals surface area contributed by atoms with Crippen LogP contribution in [0.5, 0.6) is 5.75 Å². The van der Waals surface area contributed by atoms with Gasteiger partial charge in [0.1, 0.15) is 11.6 Å². The molecular formula is C17H20FNO2. The van der Waals surface area contributed by atoms with Crippen molar-refractivity contribution >= 4 is 0 Å². The quantitative estimate of drug-likeness (QED) is 0.886. The lowest BCUT2D eigenvalue weighted by atomic mass is 10.0. The molecule has 2 aromatic carbocycles. The summed E-state index contributed by atoms with van der Waals surface area (Å²) in [5, 5.41) is 0. The minimum Gasteiger partial charge on any atom is -0.497 e. The van der Waals surface area contributed by atoms with Gasteiger partial charge in [-0.3, -0.25) is 0 Å². The maximum absolute atomic E-state index is 13.6. The second kappa shape index (κ2) is 7.20. The molecule has 0 heterocycles. The molecule has 2 atom stereocenters. The van der Waals surface area contributed by atoms with Crippen LogP contribution in [0, 0.1) is 5.82 Å². The number of ether oxygens (including phenoxy) is 2. The highest BCUT2D eigenvalue weighted by molar-refractivity contribution is 5.30. The van der Waals surface area contributed by atoms with Gasteiger partial charge >= 0.3 is 0 Å². The molecular weight excluding hydrogens is 269 g/mol. The van der Waals surface area contributed by atoms with Gasteiger partial charge in [0.25, 0.3) is 0 Å². The normalized spacial score (nSPS) is 13.7. The zero-order valence-electron chi connectivity index (χ0n) is 12.3. The topological polar surface area (TPSA) is 44.5 Å². The molecule has 2 N–H and O–H groups in total. The van der Waals surface area contributed by atoms with E-state index in [9.17, 15) is 4.39 Å². The van der Waals surface area contributed by atoms with E-state index in [2.05, 4.69) is 0 Å². The van der Waals surface area contributed by atoms with Gasteiger partial charge in [-0.25, -0.2) is 4.39 Å². The SMILES string of the molecule is COc1cccc(C(OCc2ccccc2F)C(C)N)c1. The highest BCUT2D eigenvalue weighted by atomic mass is 19.1. The first kappa shape index (κ1) is 15.5. The average molecular weight is 289 g/mol. The van der Waals surface area contributed by atoms with Crippen LogP contribution in [0.2, 0.25) is 0 Å². The number of rotatable bonds is 6. The monoisotopic (exact) mass is 289 g/mol. The summed E-state index contributed by atoms with van der Waals surface area (Å²) < 4.78 is 24.7. The fraction of sp³-hybridized carbons (Fsp3) is 0.294. The number of methoxy groups -OCH3 is 1. The van der Waals surface area contributed by atoms with Crippen molar-refractivity contribution in [1.82, 2.24) is 0 Å². The summed E-state index contributed by atoms with van der Waals surface area (Å²) in [5.74, 6) is 0.471. The summed E-state index contributed by atoms with van der Waals surface area (Å²) in [6.07, 6.45) is -0.320. The van der Waals surface area contributed by atoms with Crippen molar-refractivity contribution in [2.24, 2.45) is 5.73 Å². The van der Waals surface area contributed by atoms with Crippen LogP contribution >= 0.6 is 0 Å². The second-order valence-corrected chi connectivity index (χ2v) is 4.96. The van der Waals surface area contributed by atoms with Gasteiger partial charge in [-0.1, -0.05) is 30.3 Å². The van der Waals surface area contributed by atoms with Crippen LogP contribution < -0.4 is 10.5 Å². The third kappa shape index (κ3) is 4.03.